The van der Waals surface area contributed by atoms with Gasteiger partial charge < -0.3 is 9.51 Å². The molecule has 104 valence electrons. The van der Waals surface area contributed by atoms with Crippen LogP contribution >= 0.6 is 0 Å². The maximum atomic E-state index is 12.1. The molecule has 0 saturated heterocycles. The monoisotopic (exact) mass is 282 g/mol. The Labute approximate surface area is 110 Å². The molecule has 5 nitrogen and oxygen atoms in total. The van der Waals surface area contributed by atoms with Crippen molar-refractivity contribution in [1.82, 2.24) is 20.1 Å². The second-order valence-electron chi connectivity index (χ2n) is 4.27. The van der Waals surface area contributed by atoms with E-state index >= 15 is 0 Å². The maximum Gasteiger partial charge on any atom is 0.389 e. The molecule has 2 aromatic heterocycles. The first-order valence-electron chi connectivity index (χ1n) is 5.84. The Balaban J connectivity index is 1.82. The van der Waals surface area contributed by atoms with Gasteiger partial charge in [-0.2, -0.15) is 18.2 Å². The number of nitrogens with zero attached hydrogens (tertiary/aromatic N) is 3. The molecule has 0 bridgehead atoms. The van der Waals surface area contributed by atoms with Gasteiger partial charge >= 0.3 is 6.18 Å². The van der Waals surface area contributed by atoms with E-state index in [4.69, 9.17) is 4.52 Å². The number of aromatic amines is 1. The SMILES string of the molecule is FC(F)(F)CCc1noc(-c2ccc3nc[nH]c3c2)n1. The number of nitrogens with one attached hydrogen (secondary N) is 1. The van der Waals surface area contributed by atoms with Crippen molar-refractivity contribution >= 4 is 11.0 Å². The number of alkyl halides is 3. The third-order valence-corrected chi connectivity index (χ3v) is 2.77. The molecular weight excluding hydrogens is 273 g/mol. The summed E-state index contributed by atoms with van der Waals surface area (Å²) in [5, 5.41) is 3.55. The van der Waals surface area contributed by atoms with Crippen LogP contribution in [0.15, 0.2) is 29.0 Å². The predicted molar refractivity (Wildman–Crippen MR) is 63.8 cm³/mol. The summed E-state index contributed by atoms with van der Waals surface area (Å²) in [6, 6.07) is 5.24. The lowest BCUT2D eigenvalue weighted by Gasteiger charge is -2.01. The van der Waals surface area contributed by atoms with Gasteiger partial charge in [-0.3, -0.25) is 0 Å². The summed E-state index contributed by atoms with van der Waals surface area (Å²) in [5.74, 6) is 0.237. The highest BCUT2D eigenvalue weighted by Gasteiger charge is 2.27. The van der Waals surface area contributed by atoms with Crippen molar-refractivity contribution in [1.29, 1.82) is 0 Å². The Bertz CT molecular complexity index is 731. The van der Waals surface area contributed by atoms with Crippen molar-refractivity contribution in [3.05, 3.63) is 30.4 Å². The van der Waals surface area contributed by atoms with Gasteiger partial charge in [-0.1, -0.05) is 5.16 Å². The number of H-pyrrole nitrogens is 1. The number of hydrogen-bond acceptors (Lipinski definition) is 4. The maximum absolute atomic E-state index is 12.1. The number of fused-ring (bicyclic) bond motifs is 1. The van der Waals surface area contributed by atoms with E-state index in [2.05, 4.69) is 20.1 Å². The number of hydrogen-bond donors (Lipinski definition) is 1. The highest BCUT2D eigenvalue weighted by molar-refractivity contribution is 5.79. The highest BCUT2D eigenvalue weighted by Crippen LogP contribution is 2.24. The van der Waals surface area contributed by atoms with Gasteiger partial charge in [0.05, 0.1) is 23.8 Å². The second kappa shape index (κ2) is 4.62. The average Bonchev–Trinajstić information content (AvgIpc) is 3.03. The van der Waals surface area contributed by atoms with Gasteiger partial charge in [0.2, 0.25) is 0 Å². The Morgan fingerprint density at radius 2 is 2.10 bits per heavy atom. The molecule has 0 spiro atoms. The molecule has 20 heavy (non-hydrogen) atoms. The van der Waals surface area contributed by atoms with Gasteiger partial charge in [0.15, 0.2) is 5.82 Å². The summed E-state index contributed by atoms with van der Waals surface area (Å²) in [6.07, 6.45) is -3.93. The quantitative estimate of drug-likeness (QED) is 0.801. The molecule has 8 heteroatoms. The van der Waals surface area contributed by atoms with Crippen LogP contribution in [0.4, 0.5) is 13.2 Å². The molecule has 0 radical (unpaired) electrons. The number of aromatic nitrogens is 4. The predicted octanol–water partition coefficient (Wildman–Crippen LogP) is 3.11. The van der Waals surface area contributed by atoms with Crippen LogP contribution in [0.1, 0.15) is 12.2 Å². The topological polar surface area (TPSA) is 67.6 Å². The first-order valence-corrected chi connectivity index (χ1v) is 5.84. The lowest BCUT2D eigenvalue weighted by Crippen LogP contribution is -2.09. The number of aryl methyl sites for hydroxylation is 1. The summed E-state index contributed by atoms with van der Waals surface area (Å²) >= 11 is 0. The van der Waals surface area contributed by atoms with Crippen LogP contribution in [-0.2, 0) is 6.42 Å². The van der Waals surface area contributed by atoms with Crippen molar-refractivity contribution in [2.45, 2.75) is 19.0 Å². The standard InChI is InChI=1S/C12H9F3N4O/c13-12(14,15)4-3-10-18-11(20-19-10)7-1-2-8-9(5-7)17-6-16-8/h1-2,5-6H,3-4H2,(H,16,17). The smallest absolute Gasteiger partial charge is 0.345 e. The van der Waals surface area contributed by atoms with Gasteiger partial charge in [-0.25, -0.2) is 4.98 Å². The fourth-order valence-electron chi connectivity index (χ4n) is 1.79. The van der Waals surface area contributed by atoms with Crippen molar-refractivity contribution in [3.8, 4) is 11.5 Å². The van der Waals surface area contributed by atoms with Gasteiger partial charge in [-0.05, 0) is 18.2 Å². The summed E-state index contributed by atoms with van der Waals surface area (Å²) in [5.41, 5.74) is 2.20. The highest BCUT2D eigenvalue weighted by atomic mass is 19.4. The van der Waals surface area contributed by atoms with E-state index in [0.717, 1.165) is 11.0 Å². The Morgan fingerprint density at radius 1 is 1.25 bits per heavy atom. The average molecular weight is 282 g/mol. The molecule has 0 amide bonds. The Morgan fingerprint density at radius 3 is 2.90 bits per heavy atom. The van der Waals surface area contributed by atoms with Crippen LogP contribution in [0, 0.1) is 0 Å². The molecule has 1 N–H and O–H groups in total. The van der Waals surface area contributed by atoms with E-state index in [9.17, 15) is 13.2 Å². The molecular formula is C12H9F3N4O. The molecule has 0 aliphatic rings. The molecule has 0 saturated carbocycles. The summed E-state index contributed by atoms with van der Waals surface area (Å²) in [4.78, 5) is 11.0. The van der Waals surface area contributed by atoms with Crippen LogP contribution in [-0.4, -0.2) is 26.3 Å². The molecule has 3 aromatic rings. The Kier molecular flexibility index (Phi) is 2.92. The molecule has 3 rings (SSSR count). The van der Waals surface area contributed by atoms with Crippen LogP contribution in [0.5, 0.6) is 0 Å². The molecule has 0 unspecified atom stereocenters. The van der Waals surface area contributed by atoms with E-state index in [0.29, 0.717) is 5.56 Å². The summed E-state index contributed by atoms with van der Waals surface area (Å²) in [7, 11) is 0. The van der Waals surface area contributed by atoms with E-state index in [-0.39, 0.29) is 18.1 Å². The largest absolute Gasteiger partial charge is 0.389 e. The van der Waals surface area contributed by atoms with Gasteiger partial charge in [-0.15, -0.1) is 0 Å². The first-order chi connectivity index (χ1) is 9.51. The number of benzene rings is 1. The van der Waals surface area contributed by atoms with E-state index in [1.165, 1.54) is 0 Å². The van der Waals surface area contributed by atoms with Crippen LogP contribution < -0.4 is 0 Å². The van der Waals surface area contributed by atoms with E-state index in [1.807, 2.05) is 0 Å². The molecule has 2 heterocycles. The van der Waals surface area contributed by atoms with Crippen LogP contribution in [0.25, 0.3) is 22.5 Å². The third kappa shape index (κ3) is 2.63. The number of rotatable bonds is 3. The summed E-state index contributed by atoms with van der Waals surface area (Å²) < 4.78 is 41.3. The van der Waals surface area contributed by atoms with Crippen molar-refractivity contribution < 1.29 is 17.7 Å². The third-order valence-electron chi connectivity index (χ3n) is 2.77. The lowest BCUT2D eigenvalue weighted by atomic mass is 10.2. The lowest BCUT2D eigenvalue weighted by molar-refractivity contribution is -0.134. The fourth-order valence-corrected chi connectivity index (χ4v) is 1.79. The van der Waals surface area contributed by atoms with E-state index < -0.39 is 12.6 Å². The van der Waals surface area contributed by atoms with Crippen molar-refractivity contribution in [2.75, 3.05) is 0 Å². The van der Waals surface area contributed by atoms with E-state index in [1.54, 1.807) is 24.5 Å². The van der Waals surface area contributed by atoms with Crippen LogP contribution in [0.3, 0.4) is 0 Å². The van der Waals surface area contributed by atoms with Crippen LogP contribution in [0.2, 0.25) is 0 Å². The number of imidazole rings is 1. The first kappa shape index (κ1) is 12.6. The minimum absolute atomic E-state index is 0.0435. The number of halogens is 3. The van der Waals surface area contributed by atoms with Gasteiger partial charge in [0, 0.05) is 12.0 Å². The molecule has 0 aliphatic carbocycles. The zero-order chi connectivity index (χ0) is 14.2. The summed E-state index contributed by atoms with van der Waals surface area (Å²) in [6.45, 7) is 0. The molecule has 0 atom stereocenters. The molecule has 0 fully saturated rings. The fraction of sp³-hybridized carbons (Fsp3) is 0.250. The molecule has 1 aromatic carbocycles. The normalized spacial score (nSPS) is 12.2. The minimum Gasteiger partial charge on any atom is -0.345 e. The zero-order valence-corrected chi connectivity index (χ0v) is 10.1. The minimum atomic E-state index is -4.23. The van der Waals surface area contributed by atoms with Crippen molar-refractivity contribution in [2.24, 2.45) is 0 Å². The van der Waals surface area contributed by atoms with Gasteiger partial charge in [0.1, 0.15) is 0 Å². The van der Waals surface area contributed by atoms with Gasteiger partial charge in [0.25, 0.3) is 5.89 Å². The molecule has 0 aliphatic heterocycles. The second-order valence-corrected chi connectivity index (χ2v) is 4.27. The zero-order valence-electron chi connectivity index (χ0n) is 10.1. The van der Waals surface area contributed by atoms with Crippen molar-refractivity contribution in [3.63, 3.8) is 0 Å². The Hall–Kier alpha value is -2.38.